The number of piperidine rings is 2. The topological polar surface area (TPSA) is 217 Å². The number of imide groups is 1. The maximum atomic E-state index is 15.9. The van der Waals surface area contributed by atoms with Crippen molar-refractivity contribution in [2.75, 3.05) is 69.1 Å². The molecule has 4 fully saturated rings. The summed E-state index contributed by atoms with van der Waals surface area (Å²) in [6, 6.07) is 9.43. The van der Waals surface area contributed by atoms with Gasteiger partial charge in [0.2, 0.25) is 11.8 Å². The fourth-order valence-electron chi connectivity index (χ4n) is 9.63. The number of carbonyl (C=O) groups excluding carboxylic acids is 3. The third-order valence-electron chi connectivity index (χ3n) is 13.6. The Labute approximate surface area is 392 Å². The van der Waals surface area contributed by atoms with Crippen molar-refractivity contribution in [3.05, 3.63) is 81.9 Å². The van der Waals surface area contributed by atoms with Crippen molar-refractivity contribution in [3.8, 4) is 17.6 Å². The normalized spacial score (nSPS) is 20.7. The number of amides is 4. The van der Waals surface area contributed by atoms with Gasteiger partial charge in [-0.2, -0.15) is 23.1 Å². The first-order valence-electron chi connectivity index (χ1n) is 22.2. The number of benzene rings is 3. The number of fused-ring (bicyclic) bond motifs is 2. The minimum atomic E-state index is -4.06. The number of anilines is 2. The number of nitrogens with zero attached hydrogens (tertiary/aromatic N) is 9. The molecular weight excluding hydrogens is 931 g/mol. The average molecular weight is 978 g/mol. The molecule has 0 unspecified atom stereocenters. The number of hydrogen-bond donors (Lipinski definition) is 2. The van der Waals surface area contributed by atoms with Gasteiger partial charge in [0, 0.05) is 52.1 Å². The number of nitriles is 1. The van der Waals surface area contributed by atoms with Gasteiger partial charge in [0.05, 0.1) is 65.7 Å². The molecule has 2 atom stereocenters. The Kier molecular flexibility index (Phi) is 12.4. The summed E-state index contributed by atoms with van der Waals surface area (Å²) in [6.07, 6.45) is 2.58. The number of nitrogens with one attached hydrogen (secondary N) is 2. The molecule has 6 heterocycles. The van der Waals surface area contributed by atoms with Crippen LogP contribution in [0.25, 0.3) is 21.8 Å². The standard InChI is InChI=1S/C45H47F4N11O8S/c1-4-55(2)69(65,66)54-36-8-6-33(46)40(31(36)21-50)68-27-5-7-35-29(17-27)42(63)60(25-51-35)26-20-44(67-23-26)11-15-58(16-12-44)39(62)22-57-13-9-32(45(48,49)24-57)28-19-37-30(18-34(28)47)41(53-56(37)3)59-14-10-38(61)52-43(59)64/h5-8,17-19,25-26,32,54H,4,9-16,20,22-24H2,1-3H3,(H,52,61,64)/t26-,32-/m1/s1. The molecule has 19 nitrogen and oxygen atoms in total. The Morgan fingerprint density at radius 1 is 1.06 bits per heavy atom. The molecule has 4 amide bonds. The highest BCUT2D eigenvalue weighted by atomic mass is 32.2. The molecular formula is C45H47F4N11O8S. The first-order chi connectivity index (χ1) is 32.8. The Morgan fingerprint density at radius 3 is 2.54 bits per heavy atom. The number of likely N-dealkylation sites (tertiary alicyclic amines) is 2. The third-order valence-corrected chi connectivity index (χ3v) is 15.1. The van der Waals surface area contributed by atoms with E-state index in [0.717, 1.165) is 22.5 Å². The van der Waals surface area contributed by atoms with Crippen LogP contribution in [0.15, 0.2) is 53.6 Å². The van der Waals surface area contributed by atoms with E-state index in [-0.39, 0.29) is 98.2 Å². The van der Waals surface area contributed by atoms with Gasteiger partial charge in [0.15, 0.2) is 17.4 Å². The van der Waals surface area contributed by atoms with E-state index < -0.39 is 80.7 Å². The summed E-state index contributed by atoms with van der Waals surface area (Å²) in [5.74, 6) is -7.93. The van der Waals surface area contributed by atoms with Crippen LogP contribution in [0, 0.1) is 23.0 Å². The van der Waals surface area contributed by atoms with Gasteiger partial charge >= 0.3 is 16.2 Å². The minimum Gasteiger partial charge on any atom is -0.453 e. The summed E-state index contributed by atoms with van der Waals surface area (Å²) in [5.41, 5.74) is -1.27. The molecule has 5 aromatic rings. The van der Waals surface area contributed by atoms with Crippen molar-refractivity contribution >= 4 is 61.4 Å². The summed E-state index contributed by atoms with van der Waals surface area (Å²) in [7, 11) is -1.18. The third kappa shape index (κ3) is 8.94. The molecule has 1 spiro atoms. The zero-order valence-electron chi connectivity index (χ0n) is 37.7. The van der Waals surface area contributed by atoms with Crippen molar-refractivity contribution in [3.63, 3.8) is 0 Å². The Balaban J connectivity index is 0.821. The number of aromatic nitrogens is 4. The van der Waals surface area contributed by atoms with Crippen molar-refractivity contribution in [2.45, 2.75) is 62.5 Å². The van der Waals surface area contributed by atoms with Gasteiger partial charge in [-0.15, -0.1) is 0 Å². The van der Waals surface area contributed by atoms with Gasteiger partial charge in [0.25, 0.3) is 11.5 Å². The Hall–Kier alpha value is -6.68. The van der Waals surface area contributed by atoms with Crippen molar-refractivity contribution < 1.29 is 49.8 Å². The largest absolute Gasteiger partial charge is 0.453 e. The molecule has 4 aliphatic heterocycles. The van der Waals surface area contributed by atoms with E-state index in [0.29, 0.717) is 30.3 Å². The molecule has 0 saturated carbocycles. The van der Waals surface area contributed by atoms with E-state index in [4.69, 9.17) is 9.47 Å². The van der Waals surface area contributed by atoms with Crippen LogP contribution in [0.4, 0.5) is 33.9 Å². The van der Waals surface area contributed by atoms with Gasteiger partial charge in [-0.25, -0.2) is 27.3 Å². The van der Waals surface area contributed by atoms with Crippen LogP contribution < -0.4 is 25.2 Å². The monoisotopic (exact) mass is 977 g/mol. The molecule has 2 N–H and O–H groups in total. The molecule has 24 heteroatoms. The highest BCUT2D eigenvalue weighted by Gasteiger charge is 2.48. The summed E-state index contributed by atoms with van der Waals surface area (Å²) >= 11 is 0. The number of ether oxygens (including phenoxy) is 2. The van der Waals surface area contributed by atoms with E-state index in [2.05, 4.69) is 20.1 Å². The molecule has 0 aliphatic carbocycles. The van der Waals surface area contributed by atoms with Crippen LogP contribution >= 0.6 is 0 Å². The van der Waals surface area contributed by atoms with E-state index in [9.17, 15) is 32.9 Å². The van der Waals surface area contributed by atoms with Crippen molar-refractivity contribution in [1.82, 2.24) is 38.8 Å². The fourth-order valence-corrected chi connectivity index (χ4v) is 10.6. The first-order valence-corrected chi connectivity index (χ1v) is 23.7. The zero-order valence-corrected chi connectivity index (χ0v) is 38.5. The van der Waals surface area contributed by atoms with E-state index in [1.807, 2.05) is 0 Å². The van der Waals surface area contributed by atoms with Gasteiger partial charge in [-0.3, -0.25) is 43.5 Å². The lowest BCUT2D eigenvalue weighted by molar-refractivity contribution is -0.140. The lowest BCUT2D eigenvalue weighted by Gasteiger charge is -2.41. The smallest absolute Gasteiger partial charge is 0.329 e. The number of rotatable bonds is 11. The van der Waals surface area contributed by atoms with Crippen LogP contribution in [0.3, 0.4) is 0 Å². The lowest BCUT2D eigenvalue weighted by atomic mass is 9.85. The second-order valence-electron chi connectivity index (χ2n) is 17.8. The van der Waals surface area contributed by atoms with E-state index in [1.165, 1.54) is 56.7 Å². The molecule has 9 rings (SSSR count). The highest BCUT2D eigenvalue weighted by molar-refractivity contribution is 7.90. The molecule has 69 heavy (non-hydrogen) atoms. The molecule has 4 saturated heterocycles. The summed E-state index contributed by atoms with van der Waals surface area (Å²) in [5, 5.41) is 16.8. The molecule has 4 aliphatic rings. The first kappa shape index (κ1) is 47.4. The second kappa shape index (κ2) is 18.0. The van der Waals surface area contributed by atoms with Crippen LogP contribution in [0.2, 0.25) is 0 Å². The van der Waals surface area contributed by atoms with Crippen molar-refractivity contribution in [1.29, 1.82) is 5.26 Å². The molecule has 0 radical (unpaired) electrons. The SMILES string of the molecule is CCN(C)S(=O)(=O)Nc1ccc(F)c(Oc2ccc3ncn([C@H]4COC5(CCN(C(=O)CN6CC[C@H](c7cc8c(cc7F)c(N7CCC(=O)NC7=O)nn8C)C(F)(F)C6)CC5)C4)c(=O)c3c2)c1C#N. The summed E-state index contributed by atoms with van der Waals surface area (Å²) < 4.78 is 106. The summed E-state index contributed by atoms with van der Waals surface area (Å²) in [6.45, 7) is 1.60. The number of alkyl halides is 2. The Morgan fingerprint density at radius 2 is 1.83 bits per heavy atom. The number of urea groups is 1. The number of carbonyl (C=O) groups is 3. The Bertz CT molecular complexity index is 3140. The van der Waals surface area contributed by atoms with Crippen LogP contribution in [-0.2, 0) is 31.6 Å². The minimum absolute atomic E-state index is 0.0110. The summed E-state index contributed by atoms with van der Waals surface area (Å²) in [4.78, 5) is 60.3. The molecule has 364 valence electrons. The predicted octanol–water partition coefficient (Wildman–Crippen LogP) is 4.73. The van der Waals surface area contributed by atoms with Crippen LogP contribution in [0.5, 0.6) is 11.5 Å². The van der Waals surface area contributed by atoms with Gasteiger partial charge < -0.3 is 14.4 Å². The number of halogens is 4. The van der Waals surface area contributed by atoms with E-state index in [1.54, 1.807) is 24.9 Å². The highest BCUT2D eigenvalue weighted by Crippen LogP contribution is 2.44. The number of aryl methyl sites for hydroxylation is 1. The maximum Gasteiger partial charge on any atom is 0.329 e. The fraction of sp³-hybridized carbons (Fsp3) is 0.444. The van der Waals surface area contributed by atoms with Gasteiger partial charge in [-0.05, 0) is 80.3 Å². The van der Waals surface area contributed by atoms with Crippen LogP contribution in [-0.4, -0.2) is 131 Å². The molecule has 3 aromatic carbocycles. The van der Waals surface area contributed by atoms with Crippen LogP contribution in [0.1, 0.15) is 62.1 Å². The maximum absolute atomic E-state index is 15.9. The molecule has 0 bridgehead atoms. The van der Waals surface area contributed by atoms with Gasteiger partial charge in [-0.1, -0.05) is 6.92 Å². The van der Waals surface area contributed by atoms with Crippen molar-refractivity contribution in [2.24, 2.45) is 7.05 Å². The second-order valence-corrected chi connectivity index (χ2v) is 19.6. The quantitative estimate of drug-likeness (QED) is 0.172. The predicted molar refractivity (Wildman–Crippen MR) is 241 cm³/mol. The lowest BCUT2D eigenvalue weighted by Crippen LogP contribution is -2.53. The van der Waals surface area contributed by atoms with Gasteiger partial charge in [0.1, 0.15) is 23.2 Å². The zero-order chi connectivity index (χ0) is 49.2. The molecule has 2 aromatic heterocycles. The van der Waals surface area contributed by atoms with E-state index >= 15 is 17.6 Å². The number of hydrogen-bond acceptors (Lipinski definition) is 12. The average Bonchev–Trinajstić information content (AvgIpc) is 3.86.